The molecule has 2 aromatic carbocycles. The summed E-state index contributed by atoms with van der Waals surface area (Å²) < 4.78 is 0. The number of carbonyl (C=O) groups excluding carboxylic acids is 1. The summed E-state index contributed by atoms with van der Waals surface area (Å²) in [5.74, 6) is 0.0351. The molecule has 0 bridgehead atoms. The van der Waals surface area contributed by atoms with Gasteiger partial charge < -0.3 is 11.1 Å². The van der Waals surface area contributed by atoms with Crippen LogP contribution >= 0.6 is 0 Å². The van der Waals surface area contributed by atoms with Gasteiger partial charge in [0.25, 0.3) is 0 Å². The molecule has 3 N–H and O–H groups in total. The van der Waals surface area contributed by atoms with Crippen LogP contribution in [-0.2, 0) is 11.2 Å². The van der Waals surface area contributed by atoms with Crippen LogP contribution in [0.25, 0.3) is 10.8 Å². The Morgan fingerprint density at radius 2 is 1.95 bits per heavy atom. The predicted molar refractivity (Wildman–Crippen MR) is 83.5 cm³/mol. The van der Waals surface area contributed by atoms with Gasteiger partial charge in [0.05, 0.1) is 6.42 Å². The van der Waals surface area contributed by atoms with Crippen LogP contribution in [0.3, 0.4) is 0 Å². The molecule has 0 saturated heterocycles. The molecule has 2 rings (SSSR count). The molecule has 0 aromatic heterocycles. The fourth-order valence-electron chi connectivity index (χ4n) is 2.40. The maximum Gasteiger partial charge on any atom is 0.224 e. The second-order valence-corrected chi connectivity index (χ2v) is 5.17. The van der Waals surface area contributed by atoms with Gasteiger partial charge in [0.2, 0.25) is 5.91 Å². The Balaban J connectivity index is 1.99. The Morgan fingerprint density at radius 3 is 2.75 bits per heavy atom. The van der Waals surface area contributed by atoms with Crippen LogP contribution in [0.1, 0.15) is 25.3 Å². The highest BCUT2D eigenvalue weighted by Crippen LogP contribution is 2.18. The van der Waals surface area contributed by atoms with Crippen molar-refractivity contribution in [1.82, 2.24) is 5.32 Å². The summed E-state index contributed by atoms with van der Waals surface area (Å²) in [5, 5.41) is 5.23. The molecule has 3 heteroatoms. The average molecular weight is 270 g/mol. The molecule has 20 heavy (non-hydrogen) atoms. The van der Waals surface area contributed by atoms with E-state index in [-0.39, 0.29) is 11.9 Å². The summed E-state index contributed by atoms with van der Waals surface area (Å²) in [6.07, 6.45) is 2.38. The molecule has 3 nitrogen and oxygen atoms in total. The summed E-state index contributed by atoms with van der Waals surface area (Å²) in [5.41, 5.74) is 6.96. The summed E-state index contributed by atoms with van der Waals surface area (Å²) in [7, 11) is 0. The second kappa shape index (κ2) is 7.06. The minimum Gasteiger partial charge on any atom is -0.354 e. The van der Waals surface area contributed by atoms with E-state index in [0.717, 1.165) is 23.8 Å². The maximum atomic E-state index is 12.0. The molecule has 0 aliphatic carbocycles. The van der Waals surface area contributed by atoms with Crippen molar-refractivity contribution in [2.75, 3.05) is 6.54 Å². The SMILES string of the molecule is CCCC(N)CNC(=O)Cc1cccc2ccccc12. The predicted octanol–water partition coefficient (Wildman–Crippen LogP) is 2.63. The van der Waals surface area contributed by atoms with E-state index in [1.54, 1.807) is 0 Å². The van der Waals surface area contributed by atoms with Crippen LogP contribution in [0.2, 0.25) is 0 Å². The number of benzene rings is 2. The monoisotopic (exact) mass is 270 g/mol. The Hall–Kier alpha value is -1.87. The summed E-state index contributed by atoms with van der Waals surface area (Å²) in [4.78, 5) is 12.0. The summed E-state index contributed by atoms with van der Waals surface area (Å²) in [6.45, 7) is 2.65. The number of fused-ring (bicyclic) bond motifs is 1. The van der Waals surface area contributed by atoms with Crippen LogP contribution in [0.4, 0.5) is 0 Å². The smallest absolute Gasteiger partial charge is 0.224 e. The van der Waals surface area contributed by atoms with Gasteiger partial charge in [-0.3, -0.25) is 4.79 Å². The molecular weight excluding hydrogens is 248 g/mol. The normalized spacial score (nSPS) is 12.3. The highest BCUT2D eigenvalue weighted by Gasteiger charge is 2.08. The van der Waals surface area contributed by atoms with Gasteiger partial charge in [-0.2, -0.15) is 0 Å². The van der Waals surface area contributed by atoms with E-state index in [4.69, 9.17) is 5.73 Å². The third kappa shape index (κ3) is 3.81. The highest BCUT2D eigenvalue weighted by atomic mass is 16.1. The third-order valence-electron chi connectivity index (χ3n) is 3.45. The van der Waals surface area contributed by atoms with Crippen molar-refractivity contribution >= 4 is 16.7 Å². The van der Waals surface area contributed by atoms with Crippen LogP contribution in [0, 0.1) is 0 Å². The van der Waals surface area contributed by atoms with Gasteiger partial charge in [-0.25, -0.2) is 0 Å². The van der Waals surface area contributed by atoms with Crippen molar-refractivity contribution in [3.05, 3.63) is 48.0 Å². The van der Waals surface area contributed by atoms with Crippen molar-refractivity contribution in [3.63, 3.8) is 0 Å². The lowest BCUT2D eigenvalue weighted by Crippen LogP contribution is -2.37. The third-order valence-corrected chi connectivity index (χ3v) is 3.45. The standard InChI is InChI=1S/C17H22N2O/c1-2-6-15(18)12-19-17(20)11-14-9-5-8-13-7-3-4-10-16(13)14/h3-5,7-10,15H,2,6,11-12,18H2,1H3,(H,19,20). The Morgan fingerprint density at radius 1 is 1.20 bits per heavy atom. The molecule has 106 valence electrons. The fraction of sp³-hybridized carbons (Fsp3) is 0.353. The minimum absolute atomic E-state index is 0.0351. The molecule has 0 spiro atoms. The summed E-state index contributed by atoms with van der Waals surface area (Å²) in [6, 6.07) is 14.2. The minimum atomic E-state index is 0.0351. The number of amides is 1. The number of nitrogens with two attached hydrogens (primary N) is 1. The molecule has 0 aliphatic rings. The molecule has 0 radical (unpaired) electrons. The molecule has 0 heterocycles. The number of carbonyl (C=O) groups is 1. The first-order chi connectivity index (χ1) is 9.70. The summed E-state index contributed by atoms with van der Waals surface area (Å²) >= 11 is 0. The number of nitrogens with one attached hydrogen (secondary N) is 1. The first-order valence-corrected chi connectivity index (χ1v) is 7.19. The quantitative estimate of drug-likeness (QED) is 0.847. The first-order valence-electron chi connectivity index (χ1n) is 7.19. The fourth-order valence-corrected chi connectivity index (χ4v) is 2.40. The highest BCUT2D eigenvalue weighted by molar-refractivity contribution is 5.90. The van der Waals surface area contributed by atoms with Gasteiger partial charge in [0.1, 0.15) is 0 Å². The lowest BCUT2D eigenvalue weighted by Gasteiger charge is -2.12. The second-order valence-electron chi connectivity index (χ2n) is 5.17. The van der Waals surface area contributed by atoms with E-state index in [1.165, 1.54) is 5.39 Å². The van der Waals surface area contributed by atoms with Crippen molar-refractivity contribution in [1.29, 1.82) is 0 Å². The van der Waals surface area contributed by atoms with Crippen LogP contribution in [-0.4, -0.2) is 18.5 Å². The van der Waals surface area contributed by atoms with Gasteiger partial charge in [-0.15, -0.1) is 0 Å². The van der Waals surface area contributed by atoms with Gasteiger partial charge in [-0.1, -0.05) is 55.8 Å². The van der Waals surface area contributed by atoms with Gasteiger partial charge in [-0.05, 0) is 22.8 Å². The molecule has 0 aliphatic heterocycles. The lowest BCUT2D eigenvalue weighted by atomic mass is 10.0. The largest absolute Gasteiger partial charge is 0.354 e. The molecule has 1 unspecified atom stereocenters. The zero-order valence-electron chi connectivity index (χ0n) is 11.9. The molecule has 2 aromatic rings. The maximum absolute atomic E-state index is 12.0. The lowest BCUT2D eigenvalue weighted by molar-refractivity contribution is -0.120. The molecule has 0 saturated carbocycles. The number of hydrogen-bond acceptors (Lipinski definition) is 2. The number of hydrogen-bond donors (Lipinski definition) is 2. The molecular formula is C17H22N2O. The van der Waals surface area contributed by atoms with Gasteiger partial charge in [0, 0.05) is 12.6 Å². The molecule has 1 amide bonds. The van der Waals surface area contributed by atoms with Crippen molar-refractivity contribution in [3.8, 4) is 0 Å². The van der Waals surface area contributed by atoms with Crippen molar-refractivity contribution in [2.45, 2.75) is 32.2 Å². The van der Waals surface area contributed by atoms with Crippen LogP contribution in [0.5, 0.6) is 0 Å². The van der Waals surface area contributed by atoms with E-state index < -0.39 is 0 Å². The van der Waals surface area contributed by atoms with Gasteiger partial charge in [0.15, 0.2) is 0 Å². The first kappa shape index (κ1) is 14.5. The van der Waals surface area contributed by atoms with E-state index in [2.05, 4.69) is 30.4 Å². The van der Waals surface area contributed by atoms with Crippen molar-refractivity contribution < 1.29 is 4.79 Å². The van der Waals surface area contributed by atoms with E-state index in [1.807, 2.05) is 24.3 Å². The number of rotatable bonds is 6. The molecule has 0 fully saturated rings. The van der Waals surface area contributed by atoms with Crippen LogP contribution < -0.4 is 11.1 Å². The Bertz CT molecular complexity index is 575. The van der Waals surface area contributed by atoms with Crippen LogP contribution in [0.15, 0.2) is 42.5 Å². The van der Waals surface area contributed by atoms with E-state index in [0.29, 0.717) is 13.0 Å². The van der Waals surface area contributed by atoms with Crippen molar-refractivity contribution in [2.24, 2.45) is 5.73 Å². The molecule has 1 atom stereocenters. The Labute approximate surface area is 120 Å². The van der Waals surface area contributed by atoms with E-state index >= 15 is 0 Å². The zero-order valence-corrected chi connectivity index (χ0v) is 11.9. The average Bonchev–Trinajstić information content (AvgIpc) is 2.46. The Kier molecular flexibility index (Phi) is 5.13. The van der Waals surface area contributed by atoms with Gasteiger partial charge >= 0.3 is 0 Å². The van der Waals surface area contributed by atoms with E-state index in [9.17, 15) is 4.79 Å². The topological polar surface area (TPSA) is 55.1 Å². The zero-order chi connectivity index (χ0) is 14.4.